The zero-order chi connectivity index (χ0) is 20.7. The molecule has 7 nitrogen and oxygen atoms in total. The molecule has 7 heteroatoms. The Morgan fingerprint density at radius 1 is 1.17 bits per heavy atom. The molecule has 1 aliphatic heterocycles. The normalized spacial score (nSPS) is 14.8. The quantitative estimate of drug-likeness (QED) is 0.630. The highest BCUT2D eigenvalue weighted by molar-refractivity contribution is 5.78. The van der Waals surface area contributed by atoms with E-state index >= 15 is 0 Å². The average Bonchev–Trinajstić information content (AvgIpc) is 3.48. The highest BCUT2D eigenvalue weighted by Gasteiger charge is 2.28. The van der Waals surface area contributed by atoms with Crippen LogP contribution in [-0.2, 0) is 17.8 Å². The molecule has 5 rings (SSSR count). The number of benzene rings is 2. The van der Waals surface area contributed by atoms with Gasteiger partial charge in [-0.25, -0.2) is 4.98 Å². The van der Waals surface area contributed by atoms with Gasteiger partial charge in [-0.2, -0.15) is 0 Å². The van der Waals surface area contributed by atoms with Crippen molar-refractivity contribution in [3.8, 4) is 11.5 Å². The fourth-order valence-electron chi connectivity index (χ4n) is 3.89. The zero-order valence-corrected chi connectivity index (χ0v) is 16.8. The summed E-state index contributed by atoms with van der Waals surface area (Å²) in [5.74, 6) is 2.15. The molecule has 0 atom stereocenters. The molecule has 30 heavy (non-hydrogen) atoms. The van der Waals surface area contributed by atoms with Gasteiger partial charge in [-0.15, -0.1) is 0 Å². The number of hydrogen-bond donors (Lipinski definition) is 0. The number of para-hydroxylation sites is 1. The predicted octanol–water partition coefficient (Wildman–Crippen LogP) is 3.05. The molecule has 0 spiro atoms. The van der Waals surface area contributed by atoms with E-state index in [2.05, 4.69) is 0 Å². The number of aryl methyl sites for hydroxylation is 1. The monoisotopic (exact) mass is 405 g/mol. The number of ether oxygens (including phenoxy) is 2. The van der Waals surface area contributed by atoms with Crippen LogP contribution in [0.25, 0.3) is 10.9 Å². The third kappa shape index (κ3) is 3.51. The first-order valence-electron chi connectivity index (χ1n) is 10.2. The summed E-state index contributed by atoms with van der Waals surface area (Å²) in [6.45, 7) is 0.713. The van der Waals surface area contributed by atoms with Crippen molar-refractivity contribution in [2.24, 2.45) is 0 Å². The van der Waals surface area contributed by atoms with Crippen LogP contribution in [0.1, 0.15) is 36.7 Å². The fourth-order valence-corrected chi connectivity index (χ4v) is 3.89. The number of fused-ring (bicyclic) bond motifs is 2. The molecule has 1 saturated carbocycles. The van der Waals surface area contributed by atoms with E-state index in [9.17, 15) is 9.59 Å². The van der Waals surface area contributed by atoms with Gasteiger partial charge in [0.2, 0.25) is 12.7 Å². The summed E-state index contributed by atoms with van der Waals surface area (Å²) >= 11 is 0. The Balaban J connectivity index is 1.31. The van der Waals surface area contributed by atoms with Gasteiger partial charge in [0.05, 0.1) is 10.9 Å². The minimum Gasteiger partial charge on any atom is -0.454 e. The molecular weight excluding hydrogens is 382 g/mol. The van der Waals surface area contributed by atoms with Crippen LogP contribution < -0.4 is 15.0 Å². The molecule has 0 unspecified atom stereocenters. The van der Waals surface area contributed by atoms with Crippen molar-refractivity contribution in [3.05, 3.63) is 64.2 Å². The molecule has 1 aromatic heterocycles. The maximum absolute atomic E-state index is 12.9. The first kappa shape index (κ1) is 18.7. The van der Waals surface area contributed by atoms with Gasteiger partial charge in [0.25, 0.3) is 5.56 Å². The third-order valence-corrected chi connectivity index (χ3v) is 5.64. The average molecular weight is 405 g/mol. The predicted molar refractivity (Wildman–Crippen MR) is 112 cm³/mol. The Labute approximate surface area is 173 Å². The van der Waals surface area contributed by atoms with E-state index in [1.54, 1.807) is 16.5 Å². The zero-order valence-electron chi connectivity index (χ0n) is 16.8. The lowest BCUT2D eigenvalue weighted by atomic mass is 10.1. The van der Waals surface area contributed by atoms with E-state index in [1.165, 1.54) is 0 Å². The fraction of sp³-hybridized carbons (Fsp3) is 0.348. The Hall–Kier alpha value is -3.35. The van der Waals surface area contributed by atoms with Crippen molar-refractivity contribution >= 4 is 16.8 Å². The molecular formula is C23H23N3O4. The molecule has 2 heterocycles. The molecule has 0 bridgehead atoms. The van der Waals surface area contributed by atoms with Crippen LogP contribution >= 0.6 is 0 Å². The lowest BCUT2D eigenvalue weighted by Gasteiger charge is -2.18. The number of carbonyl (C=O) groups is 1. The topological polar surface area (TPSA) is 73.7 Å². The Kier molecular flexibility index (Phi) is 4.65. The molecule has 1 aliphatic carbocycles. The van der Waals surface area contributed by atoms with Gasteiger partial charge < -0.3 is 14.4 Å². The third-order valence-electron chi connectivity index (χ3n) is 5.64. The van der Waals surface area contributed by atoms with Crippen LogP contribution in [0.5, 0.6) is 11.5 Å². The molecule has 0 N–H and O–H groups in total. The van der Waals surface area contributed by atoms with E-state index in [0.29, 0.717) is 41.9 Å². The van der Waals surface area contributed by atoms with Crippen LogP contribution in [0.4, 0.5) is 0 Å². The number of carbonyl (C=O) groups excluding carboxylic acids is 1. The van der Waals surface area contributed by atoms with Gasteiger partial charge in [0.1, 0.15) is 5.82 Å². The van der Waals surface area contributed by atoms with Gasteiger partial charge >= 0.3 is 0 Å². The molecule has 1 amide bonds. The van der Waals surface area contributed by atoms with E-state index in [4.69, 9.17) is 14.5 Å². The smallest absolute Gasteiger partial charge is 0.261 e. The lowest BCUT2D eigenvalue weighted by molar-refractivity contribution is -0.130. The van der Waals surface area contributed by atoms with Crippen molar-refractivity contribution in [1.82, 2.24) is 14.5 Å². The van der Waals surface area contributed by atoms with Crippen molar-refractivity contribution < 1.29 is 14.3 Å². The van der Waals surface area contributed by atoms with Crippen molar-refractivity contribution in [3.63, 3.8) is 0 Å². The lowest BCUT2D eigenvalue weighted by Crippen LogP contribution is -2.29. The maximum Gasteiger partial charge on any atom is 0.261 e. The van der Waals surface area contributed by atoms with Crippen LogP contribution in [-0.4, -0.2) is 34.2 Å². The second-order valence-corrected chi connectivity index (χ2v) is 7.89. The number of nitrogens with zero attached hydrogens (tertiary/aromatic N) is 3. The first-order chi connectivity index (χ1) is 14.6. The Bertz CT molecular complexity index is 1180. The van der Waals surface area contributed by atoms with E-state index in [1.807, 2.05) is 42.5 Å². The summed E-state index contributed by atoms with van der Waals surface area (Å²) < 4.78 is 12.5. The summed E-state index contributed by atoms with van der Waals surface area (Å²) in [7, 11) is 1.79. The highest BCUT2D eigenvalue weighted by atomic mass is 16.7. The van der Waals surface area contributed by atoms with Crippen molar-refractivity contribution in [1.29, 1.82) is 0 Å². The minimum atomic E-state index is -0.000682. The number of amides is 1. The molecule has 2 aliphatic rings. The van der Waals surface area contributed by atoms with Crippen LogP contribution in [0, 0.1) is 0 Å². The molecule has 1 fully saturated rings. The van der Waals surface area contributed by atoms with Crippen molar-refractivity contribution in [2.75, 3.05) is 13.8 Å². The molecule has 3 aromatic rings. The number of hydrogen-bond acceptors (Lipinski definition) is 5. The summed E-state index contributed by atoms with van der Waals surface area (Å²) in [5, 5.41) is 0.638. The summed E-state index contributed by atoms with van der Waals surface area (Å²) in [4.78, 5) is 32.1. The molecule has 0 saturated heterocycles. The molecule has 0 radical (unpaired) electrons. The number of rotatable bonds is 6. The standard InChI is InChI=1S/C23H23N3O4/c1-25(13-15-6-9-19-20(12-15)30-14-29-19)22(27)11-10-21-24-18-5-3-2-4-17(18)23(28)26(21)16-7-8-16/h2-6,9,12,16H,7-8,10-11,13-14H2,1H3. The van der Waals surface area contributed by atoms with Gasteiger partial charge in [-0.1, -0.05) is 18.2 Å². The molecule has 154 valence electrons. The van der Waals surface area contributed by atoms with Gasteiger partial charge in [-0.05, 0) is 42.7 Å². The van der Waals surface area contributed by atoms with Gasteiger partial charge in [-0.3, -0.25) is 14.2 Å². The first-order valence-corrected chi connectivity index (χ1v) is 10.2. The second kappa shape index (κ2) is 7.48. The summed E-state index contributed by atoms with van der Waals surface area (Å²) in [6.07, 6.45) is 2.73. The van der Waals surface area contributed by atoms with Crippen LogP contribution in [0.3, 0.4) is 0 Å². The van der Waals surface area contributed by atoms with Gasteiger partial charge in [0, 0.05) is 32.5 Å². The largest absolute Gasteiger partial charge is 0.454 e. The summed E-state index contributed by atoms with van der Waals surface area (Å²) in [6, 6.07) is 13.3. The number of aromatic nitrogens is 2. The van der Waals surface area contributed by atoms with E-state index < -0.39 is 0 Å². The van der Waals surface area contributed by atoms with Gasteiger partial charge in [0.15, 0.2) is 11.5 Å². The van der Waals surface area contributed by atoms with Crippen LogP contribution in [0.15, 0.2) is 47.3 Å². The minimum absolute atomic E-state index is 0.000682. The van der Waals surface area contributed by atoms with E-state index in [-0.39, 0.29) is 24.3 Å². The Morgan fingerprint density at radius 2 is 1.97 bits per heavy atom. The van der Waals surface area contributed by atoms with E-state index in [0.717, 1.165) is 24.2 Å². The highest BCUT2D eigenvalue weighted by Crippen LogP contribution is 2.35. The summed E-state index contributed by atoms with van der Waals surface area (Å²) in [5.41, 5.74) is 1.67. The second-order valence-electron chi connectivity index (χ2n) is 7.89. The maximum atomic E-state index is 12.9. The Morgan fingerprint density at radius 3 is 2.80 bits per heavy atom. The van der Waals surface area contributed by atoms with Crippen LogP contribution in [0.2, 0.25) is 0 Å². The van der Waals surface area contributed by atoms with Crippen molar-refractivity contribution in [2.45, 2.75) is 38.3 Å². The molecule has 2 aromatic carbocycles. The SMILES string of the molecule is CN(Cc1ccc2c(c1)OCO2)C(=O)CCc1nc2ccccc2c(=O)n1C1CC1.